The average molecular weight is 254 g/mol. The molecule has 1 saturated heterocycles. The molecule has 2 N–H and O–H groups in total. The Morgan fingerprint density at radius 3 is 2.82 bits per heavy atom. The van der Waals surface area contributed by atoms with Gasteiger partial charge in [0.2, 0.25) is 5.95 Å². The molecule has 0 saturated carbocycles. The number of hydrogen-bond acceptors (Lipinski definition) is 5. The number of nitrogens with zero attached hydrogens (tertiary/aromatic N) is 3. The van der Waals surface area contributed by atoms with Gasteiger partial charge in [0.15, 0.2) is 0 Å². The number of rotatable bonds is 2. The lowest BCUT2D eigenvalue weighted by Crippen LogP contribution is -2.44. The van der Waals surface area contributed by atoms with Gasteiger partial charge in [0, 0.05) is 18.1 Å². The van der Waals surface area contributed by atoms with Gasteiger partial charge < -0.3 is 10.0 Å². The quantitative estimate of drug-likeness (QED) is 0.796. The summed E-state index contributed by atoms with van der Waals surface area (Å²) in [5.41, 5.74) is 0. The lowest BCUT2D eigenvalue weighted by molar-refractivity contribution is -0.140. The van der Waals surface area contributed by atoms with Gasteiger partial charge in [-0.15, -0.1) is 11.8 Å². The molecule has 0 aliphatic carbocycles. The number of urea groups is 1. The Balaban J connectivity index is 2.03. The van der Waals surface area contributed by atoms with Gasteiger partial charge in [-0.25, -0.2) is 19.6 Å². The first-order valence-electron chi connectivity index (χ1n) is 4.83. The molecule has 1 fully saturated rings. The van der Waals surface area contributed by atoms with Crippen molar-refractivity contribution in [1.82, 2.24) is 14.9 Å². The third kappa shape index (κ3) is 2.64. The van der Waals surface area contributed by atoms with Crippen molar-refractivity contribution in [2.45, 2.75) is 6.04 Å². The van der Waals surface area contributed by atoms with Crippen LogP contribution in [0.1, 0.15) is 0 Å². The molecular formula is C9H10N4O3S. The largest absolute Gasteiger partial charge is 0.480 e. The van der Waals surface area contributed by atoms with Crippen molar-refractivity contribution in [3.63, 3.8) is 0 Å². The van der Waals surface area contributed by atoms with Crippen LogP contribution < -0.4 is 5.32 Å². The number of amides is 2. The minimum atomic E-state index is -1.00. The first kappa shape index (κ1) is 11.6. The molecular weight excluding hydrogens is 244 g/mol. The topological polar surface area (TPSA) is 95.4 Å². The number of carbonyl (C=O) groups is 2. The van der Waals surface area contributed by atoms with E-state index in [4.69, 9.17) is 5.11 Å². The van der Waals surface area contributed by atoms with Crippen molar-refractivity contribution in [3.8, 4) is 0 Å². The van der Waals surface area contributed by atoms with Gasteiger partial charge in [-0.3, -0.25) is 5.32 Å². The number of thioether (sulfide) groups is 1. The summed E-state index contributed by atoms with van der Waals surface area (Å²) in [5, 5.41) is 11.4. The second-order valence-corrected chi connectivity index (χ2v) is 4.33. The van der Waals surface area contributed by atoms with Crippen LogP contribution in [0.2, 0.25) is 0 Å². The number of carboxylic acids is 1. The summed E-state index contributed by atoms with van der Waals surface area (Å²) in [6.07, 6.45) is 2.99. The standard InChI is InChI=1S/C9H10N4O3S/c14-7(15)6-4-17-5-13(6)9(16)12-8-10-2-1-3-11-8/h1-3,6H,4-5H2,(H,14,15)(H,10,11,12,16)/t6-/m0/s1. The summed E-state index contributed by atoms with van der Waals surface area (Å²) in [6, 6.07) is 0.346. The molecule has 1 aromatic heterocycles. The van der Waals surface area contributed by atoms with E-state index in [1.807, 2.05) is 0 Å². The number of carbonyl (C=O) groups excluding carboxylic acids is 1. The summed E-state index contributed by atoms with van der Waals surface area (Å²) >= 11 is 1.40. The maximum absolute atomic E-state index is 11.8. The van der Waals surface area contributed by atoms with E-state index in [9.17, 15) is 9.59 Å². The Bertz CT molecular complexity index is 428. The van der Waals surface area contributed by atoms with Gasteiger partial charge in [0.05, 0.1) is 5.88 Å². The molecule has 0 aromatic carbocycles. The third-order valence-electron chi connectivity index (χ3n) is 2.21. The minimum absolute atomic E-state index is 0.165. The average Bonchev–Trinajstić information content (AvgIpc) is 2.79. The van der Waals surface area contributed by atoms with Crippen molar-refractivity contribution >= 4 is 29.7 Å². The van der Waals surface area contributed by atoms with E-state index in [1.165, 1.54) is 29.1 Å². The smallest absolute Gasteiger partial charge is 0.327 e. The predicted molar refractivity (Wildman–Crippen MR) is 61.6 cm³/mol. The molecule has 1 aromatic rings. The monoisotopic (exact) mass is 254 g/mol. The maximum atomic E-state index is 11.8. The lowest BCUT2D eigenvalue weighted by atomic mass is 10.3. The number of hydrogen-bond donors (Lipinski definition) is 2. The molecule has 1 aliphatic heterocycles. The molecule has 90 valence electrons. The van der Waals surface area contributed by atoms with Gasteiger partial charge in [-0.05, 0) is 6.07 Å². The van der Waals surface area contributed by atoms with E-state index >= 15 is 0 Å². The molecule has 2 heterocycles. The molecule has 0 bridgehead atoms. The van der Waals surface area contributed by atoms with Crippen molar-refractivity contribution < 1.29 is 14.7 Å². The summed E-state index contributed by atoms with van der Waals surface area (Å²) in [6.45, 7) is 0. The number of aliphatic carboxylic acids is 1. The molecule has 1 atom stereocenters. The van der Waals surface area contributed by atoms with Crippen molar-refractivity contribution in [2.75, 3.05) is 16.9 Å². The molecule has 2 rings (SSSR count). The van der Waals surface area contributed by atoms with Crippen LogP contribution in [0.25, 0.3) is 0 Å². The van der Waals surface area contributed by atoms with E-state index < -0.39 is 18.0 Å². The van der Waals surface area contributed by atoms with Gasteiger partial charge in [-0.1, -0.05) is 0 Å². The Kier molecular flexibility index (Phi) is 3.43. The maximum Gasteiger partial charge on any atom is 0.327 e. The second-order valence-electron chi connectivity index (χ2n) is 3.33. The number of anilines is 1. The van der Waals surface area contributed by atoms with Crippen molar-refractivity contribution in [1.29, 1.82) is 0 Å². The van der Waals surface area contributed by atoms with E-state index in [0.717, 1.165) is 0 Å². The number of aromatic nitrogens is 2. The fourth-order valence-electron chi connectivity index (χ4n) is 1.38. The van der Waals surface area contributed by atoms with Crippen LogP contribution in [0.15, 0.2) is 18.5 Å². The summed E-state index contributed by atoms with van der Waals surface area (Å²) in [7, 11) is 0. The Morgan fingerprint density at radius 1 is 1.47 bits per heavy atom. The lowest BCUT2D eigenvalue weighted by Gasteiger charge is -2.20. The third-order valence-corrected chi connectivity index (χ3v) is 3.22. The van der Waals surface area contributed by atoms with Crippen LogP contribution in [0.3, 0.4) is 0 Å². The minimum Gasteiger partial charge on any atom is -0.480 e. The first-order chi connectivity index (χ1) is 8.18. The molecule has 1 aliphatic rings. The molecule has 0 radical (unpaired) electrons. The predicted octanol–water partition coefficient (Wildman–Crippen LogP) is 0.468. The highest BCUT2D eigenvalue weighted by atomic mass is 32.2. The van der Waals surface area contributed by atoms with E-state index in [0.29, 0.717) is 11.6 Å². The van der Waals surface area contributed by atoms with Crippen LogP contribution in [0.4, 0.5) is 10.7 Å². The molecule has 0 unspecified atom stereocenters. The van der Waals surface area contributed by atoms with E-state index in [1.54, 1.807) is 6.07 Å². The molecule has 8 heteroatoms. The molecule has 2 amide bonds. The van der Waals surface area contributed by atoms with Crippen molar-refractivity contribution in [3.05, 3.63) is 18.5 Å². The zero-order valence-corrected chi connectivity index (χ0v) is 9.55. The van der Waals surface area contributed by atoms with Crippen LogP contribution in [0.5, 0.6) is 0 Å². The second kappa shape index (κ2) is 5.00. The highest BCUT2D eigenvalue weighted by molar-refractivity contribution is 7.99. The first-order valence-corrected chi connectivity index (χ1v) is 5.99. The van der Waals surface area contributed by atoms with Crippen LogP contribution in [-0.2, 0) is 4.79 Å². The zero-order valence-electron chi connectivity index (χ0n) is 8.74. The Labute approximate surface area is 101 Å². The summed E-state index contributed by atoms with van der Waals surface area (Å²) < 4.78 is 0. The van der Waals surface area contributed by atoms with Crippen LogP contribution in [-0.4, -0.2) is 49.6 Å². The van der Waals surface area contributed by atoms with Gasteiger partial charge >= 0.3 is 12.0 Å². The Morgan fingerprint density at radius 2 is 2.18 bits per heavy atom. The van der Waals surface area contributed by atoms with Gasteiger partial charge in [-0.2, -0.15) is 0 Å². The van der Waals surface area contributed by atoms with Crippen molar-refractivity contribution in [2.24, 2.45) is 0 Å². The molecule has 17 heavy (non-hydrogen) atoms. The normalized spacial score (nSPS) is 19.1. The zero-order chi connectivity index (χ0) is 12.3. The number of nitrogens with one attached hydrogen (secondary N) is 1. The van der Waals surface area contributed by atoms with Gasteiger partial charge in [0.25, 0.3) is 0 Å². The SMILES string of the molecule is O=C(O)[C@@H]1CSCN1C(=O)Nc1ncccn1. The Hall–Kier alpha value is -1.83. The van der Waals surface area contributed by atoms with Crippen LogP contribution >= 0.6 is 11.8 Å². The summed E-state index contributed by atoms with van der Waals surface area (Å²) in [5.74, 6) is -0.0775. The fraction of sp³-hybridized carbons (Fsp3) is 0.333. The molecule has 7 nitrogen and oxygen atoms in total. The highest BCUT2D eigenvalue weighted by Crippen LogP contribution is 2.21. The van der Waals surface area contributed by atoms with E-state index in [-0.39, 0.29) is 5.95 Å². The van der Waals surface area contributed by atoms with Gasteiger partial charge in [0.1, 0.15) is 6.04 Å². The fourth-order valence-corrected chi connectivity index (χ4v) is 2.52. The van der Waals surface area contributed by atoms with Crippen LogP contribution in [0, 0.1) is 0 Å². The highest BCUT2D eigenvalue weighted by Gasteiger charge is 2.34. The molecule has 0 spiro atoms. The number of carboxylic acid groups (broad SMARTS) is 1. The summed E-state index contributed by atoms with van der Waals surface area (Å²) in [4.78, 5) is 31.6. The van der Waals surface area contributed by atoms with E-state index in [2.05, 4.69) is 15.3 Å².